The van der Waals surface area contributed by atoms with E-state index in [1.807, 2.05) is 12.1 Å². The molecule has 0 unspecified atom stereocenters. The average Bonchev–Trinajstić information content (AvgIpc) is 2.75. The van der Waals surface area contributed by atoms with Gasteiger partial charge < -0.3 is 20.6 Å². The molecule has 0 fully saturated rings. The van der Waals surface area contributed by atoms with Crippen molar-refractivity contribution in [1.82, 2.24) is 20.6 Å². The smallest absolute Gasteiger partial charge is 0.248 e. The van der Waals surface area contributed by atoms with Crippen molar-refractivity contribution in [3.05, 3.63) is 67.5 Å². The van der Waals surface area contributed by atoms with Gasteiger partial charge in [0, 0.05) is 35.6 Å². The van der Waals surface area contributed by atoms with Crippen LogP contribution in [0.2, 0.25) is 0 Å². The van der Waals surface area contributed by atoms with Gasteiger partial charge in [-0.25, -0.2) is 0 Å². The molecule has 0 aromatic carbocycles. The summed E-state index contributed by atoms with van der Waals surface area (Å²) in [7, 11) is 0. The van der Waals surface area contributed by atoms with Gasteiger partial charge in [-0.1, -0.05) is 25.0 Å². The van der Waals surface area contributed by atoms with Gasteiger partial charge in [0.15, 0.2) is 0 Å². The lowest BCUT2D eigenvalue weighted by Crippen LogP contribution is -2.28. The topological polar surface area (TPSA) is 89.8 Å². The van der Waals surface area contributed by atoms with Crippen LogP contribution in [0, 0.1) is 0 Å². The minimum Gasteiger partial charge on any atom is -0.326 e. The van der Waals surface area contributed by atoms with Crippen molar-refractivity contribution in [2.24, 2.45) is 0 Å². The van der Waals surface area contributed by atoms with Crippen molar-refractivity contribution in [2.75, 3.05) is 13.1 Å². The standard InChI is InChI=1S/C24H34N4O2/c29-23-13-11-17-19(7-5-9-21(17)27-23)25-15-3-1-2-4-16-26-20-8-6-10-22-18(20)12-14-24(30)28-22/h11-14,19-20,25-26H,1-10,15-16H2,(H,27,29)(H,28,30)/t19-,20-/m0/s1. The highest BCUT2D eigenvalue weighted by Crippen LogP contribution is 2.28. The molecule has 0 spiro atoms. The van der Waals surface area contributed by atoms with Crippen LogP contribution in [0.15, 0.2) is 33.9 Å². The Hall–Kier alpha value is -2.18. The molecule has 2 heterocycles. The highest BCUT2D eigenvalue weighted by molar-refractivity contribution is 5.27. The lowest BCUT2D eigenvalue weighted by atomic mass is 9.91. The molecule has 0 amide bonds. The van der Waals surface area contributed by atoms with E-state index in [9.17, 15) is 9.59 Å². The van der Waals surface area contributed by atoms with E-state index in [2.05, 4.69) is 20.6 Å². The molecule has 162 valence electrons. The normalized spacial score (nSPS) is 20.5. The summed E-state index contributed by atoms with van der Waals surface area (Å²) in [6.45, 7) is 2.06. The first-order valence-corrected chi connectivity index (χ1v) is 11.6. The van der Waals surface area contributed by atoms with Crippen molar-refractivity contribution in [3.8, 4) is 0 Å². The first kappa shape index (κ1) is 21.1. The first-order valence-electron chi connectivity index (χ1n) is 11.6. The lowest BCUT2D eigenvalue weighted by molar-refractivity contribution is 0.432. The fourth-order valence-electron chi connectivity index (χ4n) is 4.98. The Balaban J connectivity index is 1.12. The van der Waals surface area contributed by atoms with Gasteiger partial charge >= 0.3 is 0 Å². The molecule has 0 aliphatic heterocycles. The SMILES string of the molecule is O=c1ccc2c([nH]1)CCC[C@@H]2NCCCCCCN[C@H]1CCCc2[nH]c(=O)ccc21. The highest BCUT2D eigenvalue weighted by atomic mass is 16.1. The molecule has 0 bridgehead atoms. The third-order valence-corrected chi connectivity index (χ3v) is 6.55. The third-order valence-electron chi connectivity index (χ3n) is 6.55. The predicted molar refractivity (Wildman–Crippen MR) is 120 cm³/mol. The van der Waals surface area contributed by atoms with Crippen LogP contribution in [-0.2, 0) is 12.8 Å². The molecule has 2 aliphatic carbocycles. The fourth-order valence-corrected chi connectivity index (χ4v) is 4.98. The van der Waals surface area contributed by atoms with Crippen molar-refractivity contribution in [2.45, 2.75) is 76.3 Å². The maximum Gasteiger partial charge on any atom is 0.248 e. The second-order valence-corrected chi connectivity index (χ2v) is 8.73. The molecule has 6 heteroatoms. The largest absolute Gasteiger partial charge is 0.326 e. The summed E-state index contributed by atoms with van der Waals surface area (Å²) in [6, 6.07) is 8.04. The minimum atomic E-state index is 0.00742. The minimum absolute atomic E-state index is 0.00742. The zero-order chi connectivity index (χ0) is 20.8. The summed E-state index contributed by atoms with van der Waals surface area (Å²) in [5.41, 5.74) is 4.80. The third kappa shape index (κ3) is 5.29. The molecular formula is C24H34N4O2. The zero-order valence-corrected chi connectivity index (χ0v) is 17.8. The highest BCUT2D eigenvalue weighted by Gasteiger charge is 2.21. The molecule has 0 saturated carbocycles. The van der Waals surface area contributed by atoms with Gasteiger partial charge in [0.2, 0.25) is 11.1 Å². The van der Waals surface area contributed by atoms with Crippen molar-refractivity contribution in [1.29, 1.82) is 0 Å². The molecule has 6 nitrogen and oxygen atoms in total. The number of nitrogens with one attached hydrogen (secondary N) is 4. The van der Waals surface area contributed by atoms with E-state index < -0.39 is 0 Å². The van der Waals surface area contributed by atoms with Crippen LogP contribution in [0.3, 0.4) is 0 Å². The second-order valence-electron chi connectivity index (χ2n) is 8.73. The first-order chi connectivity index (χ1) is 14.7. The van der Waals surface area contributed by atoms with Gasteiger partial charge in [0.25, 0.3) is 0 Å². The molecular weight excluding hydrogens is 376 g/mol. The fraction of sp³-hybridized carbons (Fsp3) is 0.583. The molecule has 0 radical (unpaired) electrons. The molecule has 4 rings (SSSR count). The number of pyridine rings is 2. The second kappa shape index (κ2) is 10.2. The van der Waals surface area contributed by atoms with Gasteiger partial charge in [-0.3, -0.25) is 9.59 Å². The number of hydrogen-bond acceptors (Lipinski definition) is 4. The Morgan fingerprint density at radius 2 is 1.17 bits per heavy atom. The van der Waals surface area contributed by atoms with Crippen LogP contribution in [0.1, 0.15) is 86.0 Å². The van der Waals surface area contributed by atoms with Gasteiger partial charge in [0.05, 0.1) is 0 Å². The van der Waals surface area contributed by atoms with E-state index in [4.69, 9.17) is 0 Å². The number of aromatic nitrogens is 2. The summed E-state index contributed by atoms with van der Waals surface area (Å²) in [5, 5.41) is 7.38. The zero-order valence-electron chi connectivity index (χ0n) is 17.8. The number of aryl methyl sites for hydroxylation is 2. The van der Waals surface area contributed by atoms with Crippen LogP contribution < -0.4 is 21.8 Å². The maximum atomic E-state index is 11.5. The number of unbranched alkanes of at least 4 members (excludes halogenated alkanes) is 3. The number of hydrogen-bond donors (Lipinski definition) is 4. The Morgan fingerprint density at radius 1 is 0.700 bits per heavy atom. The Kier molecular flexibility index (Phi) is 7.18. The van der Waals surface area contributed by atoms with Gasteiger partial charge in [0.1, 0.15) is 0 Å². The lowest BCUT2D eigenvalue weighted by Gasteiger charge is -2.26. The number of aromatic amines is 2. The Morgan fingerprint density at radius 3 is 1.63 bits per heavy atom. The monoisotopic (exact) mass is 410 g/mol. The molecule has 2 atom stereocenters. The van der Waals surface area contributed by atoms with E-state index in [0.29, 0.717) is 12.1 Å². The van der Waals surface area contributed by atoms with Crippen molar-refractivity contribution >= 4 is 0 Å². The van der Waals surface area contributed by atoms with Crippen LogP contribution in [0.5, 0.6) is 0 Å². The summed E-state index contributed by atoms with van der Waals surface area (Å²) in [6.07, 6.45) is 11.4. The van der Waals surface area contributed by atoms with Gasteiger partial charge in [-0.15, -0.1) is 0 Å². The molecule has 2 aromatic rings. The Bertz CT molecular complexity index is 871. The van der Waals surface area contributed by atoms with Crippen LogP contribution in [0.4, 0.5) is 0 Å². The van der Waals surface area contributed by atoms with Gasteiger partial charge in [-0.05, 0) is 75.6 Å². The van der Waals surface area contributed by atoms with Gasteiger partial charge in [-0.2, -0.15) is 0 Å². The van der Waals surface area contributed by atoms with Crippen molar-refractivity contribution < 1.29 is 0 Å². The number of rotatable bonds is 9. The van der Waals surface area contributed by atoms with Crippen LogP contribution >= 0.6 is 0 Å². The molecule has 2 aliphatic rings. The molecule has 0 saturated heterocycles. The van der Waals surface area contributed by atoms with Crippen molar-refractivity contribution in [3.63, 3.8) is 0 Å². The van der Waals surface area contributed by atoms with E-state index in [1.165, 1.54) is 36.8 Å². The van der Waals surface area contributed by atoms with Crippen LogP contribution in [-0.4, -0.2) is 23.1 Å². The average molecular weight is 411 g/mol. The molecule has 30 heavy (non-hydrogen) atoms. The maximum absolute atomic E-state index is 11.5. The summed E-state index contributed by atoms with van der Waals surface area (Å²) >= 11 is 0. The number of fused-ring (bicyclic) bond motifs is 2. The van der Waals surface area contributed by atoms with E-state index in [0.717, 1.165) is 63.0 Å². The van der Waals surface area contributed by atoms with Crippen LogP contribution in [0.25, 0.3) is 0 Å². The summed E-state index contributed by atoms with van der Waals surface area (Å²) < 4.78 is 0. The predicted octanol–water partition coefficient (Wildman–Crippen LogP) is 3.26. The van der Waals surface area contributed by atoms with E-state index in [-0.39, 0.29) is 11.1 Å². The number of H-pyrrole nitrogens is 2. The summed E-state index contributed by atoms with van der Waals surface area (Å²) in [5.74, 6) is 0. The quantitative estimate of drug-likeness (QED) is 0.478. The van der Waals surface area contributed by atoms with E-state index >= 15 is 0 Å². The summed E-state index contributed by atoms with van der Waals surface area (Å²) in [4.78, 5) is 29.0. The molecule has 2 aromatic heterocycles. The van der Waals surface area contributed by atoms with E-state index in [1.54, 1.807) is 12.1 Å². The Labute approximate surface area is 177 Å². The molecule has 4 N–H and O–H groups in total.